The highest BCUT2D eigenvalue weighted by Gasteiger charge is 2.22. The normalized spacial score (nSPS) is 13.4. The van der Waals surface area contributed by atoms with Gasteiger partial charge in [0, 0.05) is 46.3 Å². The summed E-state index contributed by atoms with van der Waals surface area (Å²) < 4.78 is 3.04. The minimum Gasteiger partial charge on any atom is -0.393 e. The Bertz CT molecular complexity index is 1960. The fourth-order valence-electron chi connectivity index (χ4n) is 5.10. The maximum absolute atomic E-state index is 9.97. The molecular weight excluding hydrogens is 664 g/mol. The number of rotatable bonds is 12. The topological polar surface area (TPSA) is 218 Å². The molecule has 0 amide bonds. The molecule has 52 heavy (non-hydrogen) atoms. The van der Waals surface area contributed by atoms with Crippen LogP contribution in [-0.4, -0.2) is 94.8 Å². The van der Waals surface area contributed by atoms with Gasteiger partial charge >= 0.3 is 0 Å². The molecule has 0 unspecified atom stereocenters. The number of aliphatic hydroxyl groups is 4. The highest BCUT2D eigenvalue weighted by molar-refractivity contribution is 5.69. The lowest BCUT2D eigenvalue weighted by Crippen LogP contribution is -2.34. The number of nitrogens with one attached hydrogen (secondary N) is 2. The van der Waals surface area contributed by atoms with E-state index >= 15 is 0 Å². The number of nitrogens with zero attached hydrogens (tertiary/aromatic N) is 10. The lowest BCUT2D eigenvalue weighted by Gasteiger charge is -2.19. The average Bonchev–Trinajstić information content (AvgIpc) is 3.74. The Kier molecular flexibility index (Phi) is 11.6. The smallest absolute Gasteiger partial charge is 0.227 e. The standard InChI is InChI=1S/2C18H22N6O2/c2*1-12-6-14(16-9-24(23-22-16)10-18(3,26)11-25)8-15(7-12)21-17-19-5-4-13(2)20-17/h2*4-9,25-26H,10-11H2,1-3H3,(H,19,20,21)/t2*18-/m10/s1. The summed E-state index contributed by atoms with van der Waals surface area (Å²) in [5.74, 6) is 1.06. The Balaban J connectivity index is 0.000000201. The monoisotopic (exact) mass is 708 g/mol. The van der Waals surface area contributed by atoms with Crippen LogP contribution in [0, 0.1) is 27.7 Å². The van der Waals surface area contributed by atoms with E-state index in [4.69, 9.17) is 0 Å². The van der Waals surface area contributed by atoms with E-state index in [0.717, 1.165) is 45.0 Å². The van der Waals surface area contributed by atoms with E-state index < -0.39 is 11.2 Å². The number of aliphatic hydroxyl groups excluding tert-OH is 2. The molecule has 6 N–H and O–H groups in total. The van der Waals surface area contributed by atoms with E-state index in [1.807, 2.05) is 76.2 Å². The van der Waals surface area contributed by atoms with Crippen molar-refractivity contribution in [2.45, 2.75) is 65.8 Å². The molecule has 16 heteroatoms. The number of hydrogen-bond acceptors (Lipinski definition) is 14. The van der Waals surface area contributed by atoms with Crippen LogP contribution in [0.3, 0.4) is 0 Å². The van der Waals surface area contributed by atoms with Crippen LogP contribution in [0.5, 0.6) is 0 Å². The number of hydrogen-bond donors (Lipinski definition) is 6. The third-order valence-corrected chi connectivity index (χ3v) is 7.61. The summed E-state index contributed by atoms with van der Waals surface area (Å²) in [7, 11) is 0. The first kappa shape index (κ1) is 37.6. The molecule has 0 bridgehead atoms. The third-order valence-electron chi connectivity index (χ3n) is 7.61. The van der Waals surface area contributed by atoms with Crippen LogP contribution in [0.25, 0.3) is 22.5 Å². The SMILES string of the molecule is Cc1cc(Nc2nccc(C)n2)cc(-c2cn(C[C@@](C)(O)CO)nn2)c1.Cc1cc(Nc2nccc(C)n2)cc(-c2cn(C[C@](C)(O)CO)nn2)c1. The Morgan fingerprint density at radius 3 is 1.38 bits per heavy atom. The second kappa shape index (κ2) is 16.1. The van der Waals surface area contributed by atoms with Crippen molar-refractivity contribution in [3.05, 3.63) is 95.8 Å². The molecule has 4 heterocycles. The predicted octanol–water partition coefficient (Wildman–Crippen LogP) is 3.68. The van der Waals surface area contributed by atoms with Gasteiger partial charge < -0.3 is 31.1 Å². The molecule has 2 aromatic carbocycles. The van der Waals surface area contributed by atoms with Gasteiger partial charge in [0.2, 0.25) is 11.9 Å². The largest absolute Gasteiger partial charge is 0.393 e. The zero-order valence-corrected chi connectivity index (χ0v) is 30.0. The molecule has 0 saturated carbocycles. The van der Waals surface area contributed by atoms with Crippen LogP contribution in [0.4, 0.5) is 23.3 Å². The van der Waals surface area contributed by atoms with Crippen LogP contribution in [0.15, 0.2) is 73.3 Å². The van der Waals surface area contributed by atoms with Gasteiger partial charge in [0.15, 0.2) is 0 Å². The van der Waals surface area contributed by atoms with Crippen molar-refractivity contribution in [1.29, 1.82) is 0 Å². The van der Waals surface area contributed by atoms with Crippen molar-refractivity contribution in [1.82, 2.24) is 49.9 Å². The minimum atomic E-state index is -1.24. The first-order valence-corrected chi connectivity index (χ1v) is 16.5. The molecule has 0 aliphatic heterocycles. The molecule has 0 radical (unpaired) electrons. The van der Waals surface area contributed by atoms with Gasteiger partial charge in [-0.3, -0.25) is 0 Å². The van der Waals surface area contributed by atoms with Crippen LogP contribution >= 0.6 is 0 Å². The zero-order chi connectivity index (χ0) is 37.5. The van der Waals surface area contributed by atoms with E-state index in [1.54, 1.807) is 38.6 Å². The van der Waals surface area contributed by atoms with Gasteiger partial charge in [-0.15, -0.1) is 10.2 Å². The van der Waals surface area contributed by atoms with Crippen molar-refractivity contribution < 1.29 is 20.4 Å². The second-order valence-electron chi connectivity index (χ2n) is 13.4. The highest BCUT2D eigenvalue weighted by Crippen LogP contribution is 2.26. The fourth-order valence-corrected chi connectivity index (χ4v) is 5.10. The van der Waals surface area contributed by atoms with E-state index in [9.17, 15) is 20.4 Å². The number of aryl methyl sites for hydroxylation is 4. The summed E-state index contributed by atoms with van der Waals surface area (Å²) >= 11 is 0. The molecular formula is C36H44N12O4. The van der Waals surface area contributed by atoms with Gasteiger partial charge in [0.1, 0.15) is 22.6 Å². The predicted molar refractivity (Wildman–Crippen MR) is 196 cm³/mol. The van der Waals surface area contributed by atoms with E-state index in [2.05, 4.69) is 51.2 Å². The second-order valence-corrected chi connectivity index (χ2v) is 13.4. The first-order chi connectivity index (χ1) is 24.7. The summed E-state index contributed by atoms with van der Waals surface area (Å²) in [4.78, 5) is 17.1. The zero-order valence-electron chi connectivity index (χ0n) is 30.0. The lowest BCUT2D eigenvalue weighted by molar-refractivity contribution is -0.0150. The number of aromatic nitrogens is 10. The Morgan fingerprint density at radius 1 is 0.615 bits per heavy atom. The lowest BCUT2D eigenvalue weighted by atomic mass is 10.1. The first-order valence-electron chi connectivity index (χ1n) is 16.5. The van der Waals surface area contributed by atoms with E-state index in [-0.39, 0.29) is 26.3 Å². The quantitative estimate of drug-likeness (QED) is 0.107. The number of benzene rings is 2. The van der Waals surface area contributed by atoms with Crippen molar-refractivity contribution in [3.8, 4) is 22.5 Å². The van der Waals surface area contributed by atoms with Crippen molar-refractivity contribution in [2.75, 3.05) is 23.8 Å². The third kappa shape index (κ3) is 10.7. The Morgan fingerprint density at radius 2 is 1.02 bits per heavy atom. The van der Waals surface area contributed by atoms with Crippen LogP contribution < -0.4 is 10.6 Å². The summed E-state index contributed by atoms with van der Waals surface area (Å²) in [6.07, 6.45) is 6.90. The minimum absolute atomic E-state index is 0.157. The van der Waals surface area contributed by atoms with Gasteiger partial charge in [-0.1, -0.05) is 10.4 Å². The highest BCUT2D eigenvalue weighted by atomic mass is 16.3. The van der Waals surface area contributed by atoms with E-state index in [0.29, 0.717) is 23.3 Å². The Labute approximate surface area is 301 Å². The van der Waals surface area contributed by atoms with E-state index in [1.165, 1.54) is 9.36 Å². The van der Waals surface area contributed by atoms with Gasteiger partial charge in [0.25, 0.3) is 0 Å². The van der Waals surface area contributed by atoms with Crippen molar-refractivity contribution in [3.63, 3.8) is 0 Å². The van der Waals surface area contributed by atoms with Gasteiger partial charge in [0.05, 0.1) is 38.7 Å². The van der Waals surface area contributed by atoms with Crippen LogP contribution in [-0.2, 0) is 13.1 Å². The van der Waals surface area contributed by atoms with Gasteiger partial charge in [-0.2, -0.15) is 0 Å². The maximum Gasteiger partial charge on any atom is 0.227 e. The molecule has 2 atom stereocenters. The molecule has 0 spiro atoms. The van der Waals surface area contributed by atoms with Gasteiger partial charge in [-0.25, -0.2) is 29.3 Å². The maximum atomic E-state index is 9.97. The average molecular weight is 709 g/mol. The molecule has 0 aliphatic carbocycles. The molecule has 0 fully saturated rings. The summed E-state index contributed by atoms with van der Waals surface area (Å²) in [6, 6.07) is 15.6. The fraction of sp³-hybridized carbons (Fsp3) is 0.333. The van der Waals surface area contributed by atoms with Crippen molar-refractivity contribution in [2.24, 2.45) is 0 Å². The molecule has 0 aliphatic rings. The van der Waals surface area contributed by atoms with Crippen molar-refractivity contribution >= 4 is 23.3 Å². The van der Waals surface area contributed by atoms with Gasteiger partial charge in [-0.05, 0) is 101 Å². The molecule has 16 nitrogen and oxygen atoms in total. The molecule has 272 valence electrons. The molecule has 0 saturated heterocycles. The Hall–Kier alpha value is -5.68. The summed E-state index contributed by atoms with van der Waals surface area (Å²) in [5.41, 5.74) is 6.20. The summed E-state index contributed by atoms with van der Waals surface area (Å²) in [5, 5.41) is 61.1. The van der Waals surface area contributed by atoms with Crippen LogP contribution in [0.1, 0.15) is 36.4 Å². The summed E-state index contributed by atoms with van der Waals surface area (Å²) in [6.45, 7) is 10.5. The van der Waals surface area contributed by atoms with Crippen LogP contribution in [0.2, 0.25) is 0 Å². The molecule has 6 rings (SSSR count). The molecule has 6 aromatic rings. The number of anilines is 4. The molecule has 4 aromatic heterocycles.